The van der Waals surface area contributed by atoms with Gasteiger partial charge in [0, 0.05) is 24.5 Å². The van der Waals surface area contributed by atoms with Crippen molar-refractivity contribution < 1.29 is 13.9 Å². The molecule has 4 aromatic rings. The number of hydrogen-bond acceptors (Lipinski definition) is 7. The number of nitrogens with one attached hydrogen (secondary N) is 1. The van der Waals surface area contributed by atoms with E-state index in [0.717, 1.165) is 28.4 Å². The van der Waals surface area contributed by atoms with Crippen molar-refractivity contribution in [3.63, 3.8) is 0 Å². The van der Waals surface area contributed by atoms with Crippen molar-refractivity contribution in [1.29, 1.82) is 0 Å². The molecule has 2 aromatic heterocycles. The van der Waals surface area contributed by atoms with Crippen molar-refractivity contribution >= 4 is 50.0 Å². The molecule has 1 amide bonds. The van der Waals surface area contributed by atoms with Gasteiger partial charge in [0.25, 0.3) is 5.91 Å². The first kappa shape index (κ1) is 20.9. The lowest BCUT2D eigenvalue weighted by atomic mass is 10.2. The van der Waals surface area contributed by atoms with E-state index in [4.69, 9.17) is 9.72 Å². The lowest BCUT2D eigenvalue weighted by Gasteiger charge is -2.25. The van der Waals surface area contributed by atoms with Crippen LogP contribution < -0.4 is 10.2 Å². The number of nitrogens with zero attached hydrogens (tertiary/aromatic N) is 4. The van der Waals surface area contributed by atoms with Crippen molar-refractivity contribution in [2.75, 3.05) is 42.8 Å². The Balaban J connectivity index is 1.41. The normalized spacial score (nSPS) is 14.1. The van der Waals surface area contributed by atoms with Gasteiger partial charge in [-0.05, 0) is 48.7 Å². The molecule has 5 rings (SSSR count). The quantitative estimate of drug-likeness (QED) is 0.436. The van der Waals surface area contributed by atoms with Crippen molar-refractivity contribution in [3.05, 3.63) is 60.2 Å². The van der Waals surface area contributed by atoms with E-state index in [-0.39, 0.29) is 11.7 Å². The summed E-state index contributed by atoms with van der Waals surface area (Å²) in [5.74, 6) is -0.626. The molecule has 0 aliphatic carbocycles. The third kappa shape index (κ3) is 4.08. The number of hydrogen-bond donors (Lipinski definition) is 1. The molecule has 32 heavy (non-hydrogen) atoms. The number of fused-ring (bicyclic) bond motifs is 1. The third-order valence-corrected chi connectivity index (χ3v) is 6.88. The van der Waals surface area contributed by atoms with Gasteiger partial charge in [-0.1, -0.05) is 23.1 Å². The van der Waals surface area contributed by atoms with Gasteiger partial charge < -0.3 is 15.0 Å². The first-order valence-electron chi connectivity index (χ1n) is 10.0. The summed E-state index contributed by atoms with van der Waals surface area (Å²) in [6, 6.07) is 11.7. The van der Waals surface area contributed by atoms with E-state index in [1.165, 1.54) is 30.1 Å². The van der Waals surface area contributed by atoms with Gasteiger partial charge in [-0.25, -0.2) is 14.4 Å². The molecule has 0 atom stereocenters. The molecule has 7 nitrogen and oxygen atoms in total. The van der Waals surface area contributed by atoms with Crippen LogP contribution in [0.2, 0.25) is 0 Å². The molecule has 1 aliphatic rings. The predicted octanol–water partition coefficient (Wildman–Crippen LogP) is 4.43. The molecule has 1 fully saturated rings. The van der Waals surface area contributed by atoms with Crippen molar-refractivity contribution in [3.8, 4) is 5.69 Å². The number of thioether (sulfide) groups is 1. The fourth-order valence-corrected chi connectivity index (χ4v) is 5.15. The lowest BCUT2D eigenvalue weighted by Crippen LogP contribution is -2.36. The fraction of sp³-hybridized carbons (Fsp3) is 0.227. The molecule has 2 aromatic carbocycles. The molecule has 1 aliphatic heterocycles. The van der Waals surface area contributed by atoms with Crippen LogP contribution in [-0.2, 0) is 4.74 Å². The molecule has 3 heterocycles. The topological polar surface area (TPSA) is 72.3 Å². The van der Waals surface area contributed by atoms with Gasteiger partial charge in [0.15, 0.2) is 10.3 Å². The number of carbonyl (C=O) groups is 1. The van der Waals surface area contributed by atoms with E-state index in [1.807, 2.05) is 24.5 Å². The van der Waals surface area contributed by atoms with Gasteiger partial charge in [-0.2, -0.15) is 0 Å². The van der Waals surface area contributed by atoms with Crippen LogP contribution in [0.4, 0.5) is 15.2 Å². The molecule has 0 bridgehead atoms. The summed E-state index contributed by atoms with van der Waals surface area (Å²) in [7, 11) is 0. The summed E-state index contributed by atoms with van der Waals surface area (Å²) in [5.41, 5.74) is 2.62. The highest BCUT2D eigenvalue weighted by molar-refractivity contribution is 7.98. The summed E-state index contributed by atoms with van der Waals surface area (Å²) in [6.07, 6.45) is 3.42. The number of aromatic nitrogens is 3. The van der Waals surface area contributed by atoms with Crippen LogP contribution in [0.25, 0.3) is 15.9 Å². The Labute approximate surface area is 192 Å². The predicted molar refractivity (Wildman–Crippen MR) is 126 cm³/mol. The van der Waals surface area contributed by atoms with Gasteiger partial charge >= 0.3 is 0 Å². The maximum Gasteiger partial charge on any atom is 0.274 e. The standard InChI is InChI=1S/C22H20FN5O2S2/c1-31-21-24-13-18(28(21)16-5-2-14(23)3-6-16)20(29)25-15-4-7-17-19(12-15)32-22(26-17)27-8-10-30-11-9-27/h2-7,12-13H,8-11H2,1H3,(H,25,29). The summed E-state index contributed by atoms with van der Waals surface area (Å²) < 4.78 is 21.5. The third-order valence-electron chi connectivity index (χ3n) is 5.15. The van der Waals surface area contributed by atoms with Crippen LogP contribution in [0.1, 0.15) is 10.5 Å². The molecular formula is C22H20FN5O2S2. The molecule has 0 unspecified atom stereocenters. The number of imidazole rings is 1. The Morgan fingerprint density at radius 1 is 1.19 bits per heavy atom. The molecule has 1 saturated heterocycles. The van der Waals surface area contributed by atoms with Crippen molar-refractivity contribution in [2.45, 2.75) is 5.16 Å². The van der Waals surface area contributed by atoms with E-state index in [9.17, 15) is 9.18 Å². The van der Waals surface area contributed by atoms with Crippen LogP contribution in [0.15, 0.2) is 53.8 Å². The van der Waals surface area contributed by atoms with Crippen molar-refractivity contribution in [1.82, 2.24) is 14.5 Å². The monoisotopic (exact) mass is 469 g/mol. The smallest absolute Gasteiger partial charge is 0.274 e. The molecule has 1 N–H and O–H groups in total. The zero-order chi connectivity index (χ0) is 22.1. The van der Waals surface area contributed by atoms with E-state index < -0.39 is 0 Å². The Hall–Kier alpha value is -2.95. The van der Waals surface area contributed by atoms with E-state index >= 15 is 0 Å². The zero-order valence-electron chi connectivity index (χ0n) is 17.2. The summed E-state index contributed by atoms with van der Waals surface area (Å²) in [6.45, 7) is 3.07. The summed E-state index contributed by atoms with van der Waals surface area (Å²) in [5, 5.41) is 4.57. The summed E-state index contributed by atoms with van der Waals surface area (Å²) >= 11 is 3.02. The average molecular weight is 470 g/mol. The van der Waals surface area contributed by atoms with Gasteiger partial charge in [-0.15, -0.1) is 0 Å². The van der Waals surface area contributed by atoms with Crippen LogP contribution in [-0.4, -0.2) is 53.0 Å². The first-order valence-corrected chi connectivity index (χ1v) is 12.1. The second-order valence-electron chi connectivity index (χ2n) is 7.17. The Morgan fingerprint density at radius 3 is 2.72 bits per heavy atom. The molecule has 10 heteroatoms. The lowest BCUT2D eigenvalue weighted by molar-refractivity contribution is 0.102. The number of halogens is 1. The van der Waals surface area contributed by atoms with Gasteiger partial charge in [0.1, 0.15) is 11.5 Å². The van der Waals surface area contributed by atoms with Crippen LogP contribution in [0.5, 0.6) is 0 Å². The number of amides is 1. The molecule has 0 saturated carbocycles. The number of rotatable bonds is 5. The number of morpholine rings is 1. The minimum atomic E-state index is -0.333. The van der Waals surface area contributed by atoms with E-state index in [0.29, 0.717) is 35.4 Å². The number of anilines is 2. The maximum atomic E-state index is 13.4. The molecular weight excluding hydrogens is 449 g/mol. The highest BCUT2D eigenvalue weighted by atomic mass is 32.2. The minimum absolute atomic E-state index is 0.292. The Kier molecular flexibility index (Phi) is 5.81. The van der Waals surface area contributed by atoms with E-state index in [2.05, 4.69) is 15.2 Å². The second-order valence-corrected chi connectivity index (χ2v) is 8.96. The largest absolute Gasteiger partial charge is 0.378 e. The minimum Gasteiger partial charge on any atom is -0.378 e. The highest BCUT2D eigenvalue weighted by Gasteiger charge is 2.19. The Bertz CT molecular complexity index is 1270. The fourth-order valence-electron chi connectivity index (χ4n) is 3.55. The molecule has 0 radical (unpaired) electrons. The van der Waals surface area contributed by atoms with Crippen molar-refractivity contribution in [2.24, 2.45) is 0 Å². The second kappa shape index (κ2) is 8.89. The number of benzene rings is 2. The number of thiazole rings is 1. The van der Waals surface area contributed by atoms with Gasteiger partial charge in [0.05, 0.1) is 29.6 Å². The Morgan fingerprint density at radius 2 is 1.97 bits per heavy atom. The number of carbonyl (C=O) groups excluding carboxylic acids is 1. The van der Waals surface area contributed by atoms with Crippen LogP contribution in [0, 0.1) is 5.82 Å². The van der Waals surface area contributed by atoms with Gasteiger partial charge in [-0.3, -0.25) is 9.36 Å². The zero-order valence-corrected chi connectivity index (χ0v) is 18.9. The maximum absolute atomic E-state index is 13.4. The highest BCUT2D eigenvalue weighted by Crippen LogP contribution is 2.31. The summed E-state index contributed by atoms with van der Waals surface area (Å²) in [4.78, 5) is 24.4. The van der Waals surface area contributed by atoms with Gasteiger partial charge in [0.2, 0.25) is 0 Å². The number of ether oxygens (including phenoxy) is 1. The molecule has 164 valence electrons. The SMILES string of the molecule is CSc1ncc(C(=O)Nc2ccc3nc(N4CCOCC4)sc3c2)n1-c1ccc(F)cc1. The van der Waals surface area contributed by atoms with Crippen LogP contribution in [0.3, 0.4) is 0 Å². The van der Waals surface area contributed by atoms with E-state index in [1.54, 1.807) is 28.0 Å². The molecule has 0 spiro atoms. The van der Waals surface area contributed by atoms with Crippen LogP contribution >= 0.6 is 23.1 Å². The first-order chi connectivity index (χ1) is 15.6. The average Bonchev–Trinajstić information content (AvgIpc) is 3.44.